The van der Waals surface area contributed by atoms with Gasteiger partial charge in [0.2, 0.25) is 6.54 Å². The van der Waals surface area contributed by atoms with Gasteiger partial charge >= 0.3 is 5.97 Å². The molecule has 1 fully saturated rings. The van der Waals surface area contributed by atoms with Gasteiger partial charge < -0.3 is 4.74 Å². The van der Waals surface area contributed by atoms with E-state index in [0.717, 1.165) is 12.0 Å². The zero-order valence-corrected chi connectivity index (χ0v) is 13.4. The van der Waals surface area contributed by atoms with E-state index in [2.05, 4.69) is 0 Å². The zero-order chi connectivity index (χ0) is 16.5. The normalized spacial score (nSPS) is 30.3. The summed E-state index contributed by atoms with van der Waals surface area (Å²) >= 11 is 0. The Morgan fingerprint density at radius 1 is 1.55 bits per heavy atom. The maximum Gasteiger partial charge on any atom is 0.307 e. The maximum absolute atomic E-state index is 12.5. The number of hydrogen-bond acceptors (Lipinski definition) is 4. The number of ether oxygens (including phenoxy) is 1. The number of rotatable bonds is 6. The van der Waals surface area contributed by atoms with E-state index in [1.165, 1.54) is 0 Å². The molecule has 1 saturated carbocycles. The fourth-order valence-corrected chi connectivity index (χ4v) is 3.94. The SMILES string of the molecule is CC(C)(C)OC(=O)C[C@@]1(C[N+](=O)[O-])C[C@H]2CC(CCF)=C[C@H]21. The molecule has 0 N–H and O–H groups in total. The number of allylic oxidation sites excluding steroid dienone is 2. The number of alkyl halides is 1. The number of halogens is 1. The van der Waals surface area contributed by atoms with Crippen LogP contribution in [-0.4, -0.2) is 29.7 Å². The van der Waals surface area contributed by atoms with Crippen molar-refractivity contribution in [2.45, 2.75) is 52.1 Å². The highest BCUT2D eigenvalue weighted by Gasteiger charge is 2.59. The Balaban J connectivity index is 2.10. The first-order chi connectivity index (χ1) is 10.1. The lowest BCUT2D eigenvalue weighted by atomic mass is 9.53. The van der Waals surface area contributed by atoms with Crippen molar-refractivity contribution in [2.24, 2.45) is 17.3 Å². The second-order valence-corrected chi connectivity index (χ2v) is 7.57. The minimum Gasteiger partial charge on any atom is -0.460 e. The lowest BCUT2D eigenvalue weighted by Gasteiger charge is -2.49. The van der Waals surface area contributed by atoms with Crippen molar-refractivity contribution < 1.29 is 18.8 Å². The van der Waals surface area contributed by atoms with Gasteiger partial charge in [-0.3, -0.25) is 19.3 Å². The van der Waals surface area contributed by atoms with Crippen LogP contribution in [0.1, 0.15) is 46.5 Å². The lowest BCUT2D eigenvalue weighted by molar-refractivity contribution is -0.506. The Morgan fingerprint density at radius 2 is 2.23 bits per heavy atom. The number of fused-ring (bicyclic) bond motifs is 1. The molecule has 0 radical (unpaired) electrons. The van der Waals surface area contributed by atoms with E-state index >= 15 is 0 Å². The summed E-state index contributed by atoms with van der Waals surface area (Å²) in [6, 6.07) is 0. The Labute approximate surface area is 130 Å². The topological polar surface area (TPSA) is 69.4 Å². The van der Waals surface area contributed by atoms with Gasteiger partial charge in [-0.2, -0.15) is 0 Å². The Hall–Kier alpha value is -1.46. The molecule has 0 aromatic rings. The highest BCUT2D eigenvalue weighted by atomic mass is 19.1. The number of carbonyl (C=O) groups excluding carboxylic acids is 1. The van der Waals surface area contributed by atoms with E-state index in [4.69, 9.17) is 4.74 Å². The van der Waals surface area contributed by atoms with Crippen molar-refractivity contribution in [1.82, 2.24) is 0 Å². The minimum atomic E-state index is -0.658. The van der Waals surface area contributed by atoms with Crippen molar-refractivity contribution in [2.75, 3.05) is 13.2 Å². The van der Waals surface area contributed by atoms with Crippen LogP contribution in [0.2, 0.25) is 0 Å². The van der Waals surface area contributed by atoms with Crippen molar-refractivity contribution in [3.05, 3.63) is 21.8 Å². The molecule has 2 aliphatic rings. The van der Waals surface area contributed by atoms with Crippen LogP contribution in [0.15, 0.2) is 11.6 Å². The predicted molar refractivity (Wildman–Crippen MR) is 79.6 cm³/mol. The zero-order valence-electron chi connectivity index (χ0n) is 13.4. The van der Waals surface area contributed by atoms with Gasteiger partial charge in [0.05, 0.1) is 18.5 Å². The van der Waals surface area contributed by atoms with E-state index in [-0.39, 0.29) is 29.8 Å². The summed E-state index contributed by atoms with van der Waals surface area (Å²) < 4.78 is 17.8. The summed E-state index contributed by atoms with van der Waals surface area (Å²) in [5.74, 6) is -0.0592. The number of nitro groups is 1. The van der Waals surface area contributed by atoms with Gasteiger partial charge in [0, 0.05) is 4.92 Å². The van der Waals surface area contributed by atoms with Gasteiger partial charge in [-0.05, 0) is 51.9 Å². The van der Waals surface area contributed by atoms with Crippen molar-refractivity contribution in [1.29, 1.82) is 0 Å². The molecule has 3 atom stereocenters. The molecular formula is C16H24FNO4. The van der Waals surface area contributed by atoms with Crippen molar-refractivity contribution in [3.8, 4) is 0 Å². The molecule has 0 amide bonds. The summed E-state index contributed by atoms with van der Waals surface area (Å²) in [5.41, 5.74) is -0.220. The molecule has 0 aliphatic heterocycles. The monoisotopic (exact) mass is 313 g/mol. The van der Waals surface area contributed by atoms with Crippen LogP contribution in [0.25, 0.3) is 0 Å². The van der Waals surface area contributed by atoms with E-state index in [9.17, 15) is 19.3 Å². The summed E-state index contributed by atoms with van der Waals surface area (Å²) in [6.07, 6.45) is 3.88. The fourth-order valence-electron chi connectivity index (χ4n) is 3.94. The predicted octanol–water partition coefficient (Wildman–Crippen LogP) is 3.31. The van der Waals surface area contributed by atoms with E-state index in [1.54, 1.807) is 20.8 Å². The van der Waals surface area contributed by atoms with Gasteiger partial charge in [0.1, 0.15) is 5.60 Å². The van der Waals surface area contributed by atoms with Gasteiger partial charge in [0.25, 0.3) is 0 Å². The molecule has 0 saturated heterocycles. The molecule has 6 heteroatoms. The highest BCUT2D eigenvalue weighted by molar-refractivity contribution is 5.71. The van der Waals surface area contributed by atoms with Gasteiger partial charge in [-0.15, -0.1) is 0 Å². The first kappa shape index (κ1) is 16.9. The van der Waals surface area contributed by atoms with Crippen LogP contribution in [0, 0.1) is 27.4 Å². The van der Waals surface area contributed by atoms with E-state index in [0.29, 0.717) is 18.8 Å². The third kappa shape index (κ3) is 3.65. The average molecular weight is 313 g/mol. The molecule has 0 bridgehead atoms. The van der Waals surface area contributed by atoms with Gasteiger partial charge in [-0.25, -0.2) is 0 Å². The second kappa shape index (κ2) is 5.97. The van der Waals surface area contributed by atoms with E-state index in [1.807, 2.05) is 6.08 Å². The van der Waals surface area contributed by atoms with Gasteiger partial charge in [0.15, 0.2) is 0 Å². The Kier molecular flexibility index (Phi) is 4.59. The molecule has 2 aliphatic carbocycles. The molecule has 0 aromatic heterocycles. The molecule has 5 nitrogen and oxygen atoms in total. The third-order valence-electron chi connectivity index (χ3n) is 4.60. The molecule has 0 unspecified atom stereocenters. The molecular weight excluding hydrogens is 289 g/mol. The number of esters is 1. The Morgan fingerprint density at radius 3 is 2.77 bits per heavy atom. The molecule has 124 valence electrons. The smallest absolute Gasteiger partial charge is 0.307 e. The number of nitrogens with zero attached hydrogens (tertiary/aromatic N) is 1. The van der Waals surface area contributed by atoms with Crippen molar-refractivity contribution in [3.63, 3.8) is 0 Å². The number of carbonyl (C=O) groups is 1. The molecule has 2 rings (SSSR count). The van der Waals surface area contributed by atoms with Crippen LogP contribution in [0.5, 0.6) is 0 Å². The summed E-state index contributed by atoms with van der Waals surface area (Å²) in [4.78, 5) is 22.8. The van der Waals surface area contributed by atoms with E-state index < -0.39 is 17.7 Å². The maximum atomic E-state index is 12.5. The van der Waals surface area contributed by atoms with Crippen LogP contribution >= 0.6 is 0 Å². The van der Waals surface area contributed by atoms with Crippen LogP contribution in [0.4, 0.5) is 4.39 Å². The fraction of sp³-hybridized carbons (Fsp3) is 0.812. The van der Waals surface area contributed by atoms with Crippen LogP contribution in [-0.2, 0) is 9.53 Å². The summed E-state index contributed by atoms with van der Waals surface area (Å²) in [7, 11) is 0. The van der Waals surface area contributed by atoms with Crippen LogP contribution < -0.4 is 0 Å². The van der Waals surface area contributed by atoms with Crippen molar-refractivity contribution >= 4 is 5.97 Å². The summed E-state index contributed by atoms with van der Waals surface area (Å²) in [5, 5.41) is 11.0. The molecule has 0 spiro atoms. The molecule has 22 heavy (non-hydrogen) atoms. The van der Waals surface area contributed by atoms with Gasteiger partial charge in [-0.1, -0.05) is 11.6 Å². The standard InChI is InChI=1S/C16H24FNO4/c1-15(2,3)22-14(19)9-16(10-18(20)21)8-12-6-11(4-5-17)7-13(12)16/h7,12-13H,4-6,8-10H2,1-3H3/t12-,13-,16-/m1/s1. The molecule has 0 aromatic carbocycles. The first-order valence-corrected chi connectivity index (χ1v) is 7.74. The first-order valence-electron chi connectivity index (χ1n) is 7.74. The summed E-state index contributed by atoms with van der Waals surface area (Å²) in [6.45, 7) is 4.71. The van der Waals surface area contributed by atoms with Crippen LogP contribution in [0.3, 0.4) is 0 Å². The highest BCUT2D eigenvalue weighted by Crippen LogP contribution is 2.60. The quantitative estimate of drug-likeness (QED) is 0.326. The second-order valence-electron chi connectivity index (χ2n) is 7.57. The molecule has 0 heterocycles. The average Bonchev–Trinajstić information content (AvgIpc) is 2.64. The third-order valence-corrected chi connectivity index (χ3v) is 4.60. The minimum absolute atomic E-state index is 0.00645. The number of hydrogen-bond donors (Lipinski definition) is 0. The Bertz CT molecular complexity index is 497. The lowest BCUT2D eigenvalue weighted by Crippen LogP contribution is -2.51. The largest absolute Gasteiger partial charge is 0.460 e.